The molecule has 2 aromatic carbocycles. The van der Waals surface area contributed by atoms with E-state index in [0.29, 0.717) is 0 Å². The largest absolute Gasteiger partial charge is 0.506 e. The molecule has 3 heterocycles. The van der Waals surface area contributed by atoms with E-state index in [9.17, 15) is 55.9 Å². The van der Waals surface area contributed by atoms with Crippen LogP contribution in [-0.2, 0) is 9.47 Å². The van der Waals surface area contributed by atoms with E-state index in [4.69, 9.17) is 23.4 Å². The summed E-state index contributed by atoms with van der Waals surface area (Å²) in [5, 5.41) is 103. The van der Waals surface area contributed by atoms with Gasteiger partial charge in [-0.05, 0) is 25.1 Å². The minimum Gasteiger partial charge on any atom is -0.506 e. The smallest absolute Gasteiger partial charge is 0.239 e. The van der Waals surface area contributed by atoms with Crippen LogP contribution in [0.2, 0.25) is 0 Å². The number of phenols is 3. The van der Waals surface area contributed by atoms with Crippen molar-refractivity contribution in [2.45, 2.75) is 68.1 Å². The highest BCUT2D eigenvalue weighted by atomic mass is 16.7. The molecule has 0 amide bonds. The molecule has 16 nitrogen and oxygen atoms in total. The number of ether oxygens (including phenoxy) is 4. The van der Waals surface area contributed by atoms with Crippen LogP contribution >= 0.6 is 0 Å². The molecule has 2 saturated heterocycles. The summed E-state index contributed by atoms with van der Waals surface area (Å²) in [6, 6.07) is 4.51. The summed E-state index contributed by atoms with van der Waals surface area (Å²) in [7, 11) is 1.21. The molecule has 2 aliphatic heterocycles. The SMILES string of the molecule is COc1cc2oc(-c3ccc(O)c(O)c3)c(O[C@@H]3OC(CO)[C@@H](O)[C@H](O)C3O)c(=O)c2c(O)c1[C@@H]1OC(C)[C@H](O)C(O)[C@@H]1O. The third-order valence-electron chi connectivity index (χ3n) is 7.79. The Bertz CT molecular complexity index is 1590. The van der Waals surface area contributed by atoms with Gasteiger partial charge in [0, 0.05) is 11.6 Å². The van der Waals surface area contributed by atoms with Gasteiger partial charge in [0.15, 0.2) is 17.3 Å². The Kier molecular flexibility index (Phi) is 8.65. The van der Waals surface area contributed by atoms with Crippen molar-refractivity contribution in [3.05, 3.63) is 40.1 Å². The topological polar surface area (TPSA) is 269 Å². The fourth-order valence-corrected chi connectivity index (χ4v) is 5.29. The second-order valence-corrected chi connectivity index (χ2v) is 10.6. The van der Waals surface area contributed by atoms with Crippen molar-refractivity contribution in [3.63, 3.8) is 0 Å². The van der Waals surface area contributed by atoms with E-state index in [-0.39, 0.29) is 22.5 Å². The lowest BCUT2D eigenvalue weighted by Crippen LogP contribution is -2.60. The standard InChI is InChI=1S/C28H32O16/c1-8-17(32)21(36)23(38)26(41-8)16-12(40-2)6-13-15(19(16)34)20(35)27(25(42-13)9-3-4-10(30)11(31)5-9)44-28-24(39)22(37)18(33)14(7-29)43-28/h3-6,8,14,17-18,21-24,26,28-34,36-39H,7H2,1-2H3/t8?,14?,17-,18+,21?,22-,23-,24?,26-,28-/m0/s1. The molecule has 10 atom stereocenters. The zero-order chi connectivity index (χ0) is 32.2. The predicted octanol–water partition coefficient (Wildman–Crippen LogP) is -1.69. The first-order chi connectivity index (χ1) is 20.8. The number of phenolic OH excluding ortho intramolecular Hbond substituents is 3. The third kappa shape index (κ3) is 5.19. The number of hydrogen-bond acceptors (Lipinski definition) is 16. The van der Waals surface area contributed by atoms with Crippen molar-refractivity contribution in [1.29, 1.82) is 0 Å². The Hall–Kier alpha value is -3.71. The maximum absolute atomic E-state index is 14.1. The van der Waals surface area contributed by atoms with E-state index in [1.54, 1.807) is 0 Å². The summed E-state index contributed by atoms with van der Waals surface area (Å²) >= 11 is 0. The maximum atomic E-state index is 14.1. The average Bonchev–Trinajstić information content (AvgIpc) is 3.00. The first kappa shape index (κ1) is 31.7. The molecular weight excluding hydrogens is 592 g/mol. The van der Waals surface area contributed by atoms with Crippen molar-refractivity contribution in [1.82, 2.24) is 0 Å². The zero-order valence-electron chi connectivity index (χ0n) is 23.2. The van der Waals surface area contributed by atoms with Crippen LogP contribution in [0.4, 0.5) is 0 Å². The van der Waals surface area contributed by atoms with Crippen LogP contribution in [0, 0.1) is 0 Å². The number of benzene rings is 2. The molecule has 0 saturated carbocycles. The molecule has 16 heteroatoms. The van der Waals surface area contributed by atoms with Crippen molar-refractivity contribution < 1.29 is 74.4 Å². The summed E-state index contributed by atoms with van der Waals surface area (Å²) in [6.07, 6.45) is -16.3. The van der Waals surface area contributed by atoms with Gasteiger partial charge in [-0.1, -0.05) is 0 Å². The van der Waals surface area contributed by atoms with Gasteiger partial charge in [0.1, 0.15) is 71.3 Å². The normalized spacial score (nSPS) is 32.5. The van der Waals surface area contributed by atoms with Crippen LogP contribution < -0.4 is 14.9 Å². The second kappa shape index (κ2) is 12.0. The van der Waals surface area contributed by atoms with Gasteiger partial charge in [0.25, 0.3) is 0 Å². The van der Waals surface area contributed by atoms with Crippen LogP contribution in [0.3, 0.4) is 0 Å². The first-order valence-electron chi connectivity index (χ1n) is 13.4. The molecule has 0 spiro atoms. The molecule has 1 aromatic heterocycles. The van der Waals surface area contributed by atoms with Crippen molar-refractivity contribution >= 4 is 11.0 Å². The summed E-state index contributed by atoms with van der Waals surface area (Å²) < 4.78 is 28.0. The molecule has 2 aliphatic rings. The minimum atomic E-state index is -1.95. The van der Waals surface area contributed by atoms with Gasteiger partial charge in [0.2, 0.25) is 17.5 Å². The number of aliphatic hydroxyl groups is 7. The third-order valence-corrected chi connectivity index (χ3v) is 7.79. The first-order valence-corrected chi connectivity index (χ1v) is 13.4. The number of fused-ring (bicyclic) bond motifs is 1. The molecule has 10 N–H and O–H groups in total. The van der Waals surface area contributed by atoms with Gasteiger partial charge < -0.3 is 74.4 Å². The summed E-state index contributed by atoms with van der Waals surface area (Å²) in [6.45, 7) is 0.611. The Labute approximate surface area is 247 Å². The van der Waals surface area contributed by atoms with E-state index >= 15 is 0 Å². The van der Waals surface area contributed by atoms with Gasteiger partial charge in [-0.2, -0.15) is 0 Å². The molecule has 240 valence electrons. The van der Waals surface area contributed by atoms with Gasteiger partial charge in [0.05, 0.1) is 25.4 Å². The highest BCUT2D eigenvalue weighted by Gasteiger charge is 2.47. The molecule has 0 radical (unpaired) electrons. The minimum absolute atomic E-state index is 0.0432. The van der Waals surface area contributed by atoms with Crippen LogP contribution in [-0.4, -0.2) is 120 Å². The van der Waals surface area contributed by atoms with Gasteiger partial charge in [-0.3, -0.25) is 4.79 Å². The highest BCUT2D eigenvalue weighted by Crippen LogP contribution is 2.46. The second-order valence-electron chi connectivity index (χ2n) is 10.6. The quantitative estimate of drug-likeness (QED) is 0.137. The molecular formula is C28H32O16. The van der Waals surface area contributed by atoms with Gasteiger partial charge in [-0.25, -0.2) is 0 Å². The summed E-state index contributed by atoms with van der Waals surface area (Å²) in [5.74, 6) is -3.26. The van der Waals surface area contributed by atoms with Crippen LogP contribution in [0.15, 0.2) is 33.5 Å². The van der Waals surface area contributed by atoms with Crippen LogP contribution in [0.1, 0.15) is 18.6 Å². The number of rotatable bonds is 6. The Morgan fingerprint density at radius 2 is 1.52 bits per heavy atom. The number of hydrogen-bond donors (Lipinski definition) is 10. The molecule has 44 heavy (non-hydrogen) atoms. The average molecular weight is 625 g/mol. The fraction of sp³-hybridized carbons (Fsp3) is 0.464. The van der Waals surface area contributed by atoms with Crippen molar-refractivity contribution in [2.24, 2.45) is 0 Å². The molecule has 0 aliphatic carbocycles. The van der Waals surface area contributed by atoms with E-state index in [2.05, 4.69) is 0 Å². The van der Waals surface area contributed by atoms with E-state index in [0.717, 1.165) is 12.1 Å². The maximum Gasteiger partial charge on any atom is 0.239 e. The number of methoxy groups -OCH3 is 1. The Morgan fingerprint density at radius 3 is 2.16 bits per heavy atom. The van der Waals surface area contributed by atoms with Crippen LogP contribution in [0.5, 0.6) is 28.7 Å². The molecule has 5 rings (SSSR count). The van der Waals surface area contributed by atoms with Crippen molar-refractivity contribution in [3.8, 4) is 40.1 Å². The Morgan fingerprint density at radius 1 is 0.841 bits per heavy atom. The monoisotopic (exact) mass is 624 g/mol. The summed E-state index contributed by atoms with van der Waals surface area (Å²) in [4.78, 5) is 14.1. The number of aliphatic hydroxyl groups excluding tert-OH is 7. The van der Waals surface area contributed by atoms with Crippen molar-refractivity contribution in [2.75, 3.05) is 13.7 Å². The lowest BCUT2D eigenvalue weighted by molar-refractivity contribution is -0.277. The van der Waals surface area contributed by atoms with Crippen LogP contribution in [0.25, 0.3) is 22.3 Å². The lowest BCUT2D eigenvalue weighted by Gasteiger charge is -2.40. The fourth-order valence-electron chi connectivity index (χ4n) is 5.29. The summed E-state index contributed by atoms with van der Waals surface area (Å²) in [5.41, 5.74) is -1.74. The van der Waals surface area contributed by atoms with E-state index in [1.807, 2.05) is 0 Å². The van der Waals surface area contributed by atoms with E-state index < -0.39 is 107 Å². The zero-order valence-corrected chi connectivity index (χ0v) is 23.2. The molecule has 3 aromatic rings. The molecule has 2 fully saturated rings. The van der Waals surface area contributed by atoms with Gasteiger partial charge >= 0.3 is 0 Å². The number of aromatic hydroxyl groups is 3. The van der Waals surface area contributed by atoms with Gasteiger partial charge in [-0.15, -0.1) is 0 Å². The van der Waals surface area contributed by atoms with E-state index in [1.165, 1.54) is 26.2 Å². The highest BCUT2D eigenvalue weighted by molar-refractivity contribution is 5.90. The lowest BCUT2D eigenvalue weighted by atomic mass is 9.90. The Balaban J connectivity index is 1.74. The predicted molar refractivity (Wildman–Crippen MR) is 145 cm³/mol. The molecule has 0 bridgehead atoms. The molecule has 4 unspecified atom stereocenters.